The van der Waals surface area contributed by atoms with Gasteiger partial charge in [0, 0.05) is 22.2 Å². The fourth-order valence-corrected chi connectivity index (χ4v) is 2.93. The van der Waals surface area contributed by atoms with Gasteiger partial charge in [-0.3, -0.25) is 10.1 Å². The van der Waals surface area contributed by atoms with Crippen LogP contribution < -0.4 is 5.32 Å². The lowest BCUT2D eigenvalue weighted by molar-refractivity contribution is -0.384. The second-order valence-electron chi connectivity index (χ2n) is 4.39. The molecule has 1 atom stereocenters. The van der Waals surface area contributed by atoms with Gasteiger partial charge in [0.15, 0.2) is 0 Å². The molecule has 0 aromatic carbocycles. The number of aromatic nitrogens is 2. The van der Waals surface area contributed by atoms with Crippen LogP contribution in [-0.2, 0) is 6.42 Å². The smallest absolute Gasteiger partial charge is 0.329 e. The third-order valence-corrected chi connectivity index (χ3v) is 3.83. The predicted molar refractivity (Wildman–Crippen MR) is 79.5 cm³/mol. The highest BCUT2D eigenvalue weighted by atomic mass is 35.5. The fourth-order valence-electron chi connectivity index (χ4n) is 1.77. The van der Waals surface area contributed by atoms with Gasteiger partial charge in [-0.05, 0) is 37.6 Å². The van der Waals surface area contributed by atoms with E-state index < -0.39 is 4.92 Å². The molecule has 2 rings (SSSR count). The second kappa shape index (κ2) is 6.15. The van der Waals surface area contributed by atoms with Crippen LogP contribution in [0.1, 0.15) is 16.7 Å². The number of hydrogen-bond donors (Lipinski definition) is 1. The van der Waals surface area contributed by atoms with Crippen molar-refractivity contribution in [2.24, 2.45) is 0 Å². The van der Waals surface area contributed by atoms with Crippen molar-refractivity contribution in [3.05, 3.63) is 43.5 Å². The average Bonchev–Trinajstić information content (AvgIpc) is 2.74. The highest BCUT2D eigenvalue weighted by Gasteiger charge is 2.18. The molecule has 2 aromatic heterocycles. The Kier molecular flexibility index (Phi) is 4.51. The van der Waals surface area contributed by atoms with Gasteiger partial charge in [0.05, 0.1) is 4.92 Å². The molecule has 106 valence electrons. The minimum Gasteiger partial charge on any atom is -0.361 e. The van der Waals surface area contributed by atoms with Crippen molar-refractivity contribution >= 4 is 34.4 Å². The monoisotopic (exact) mass is 312 g/mol. The maximum Gasteiger partial charge on any atom is 0.329 e. The van der Waals surface area contributed by atoms with Gasteiger partial charge in [-0.15, -0.1) is 11.3 Å². The van der Waals surface area contributed by atoms with Crippen LogP contribution >= 0.6 is 22.9 Å². The van der Waals surface area contributed by atoms with Crippen molar-refractivity contribution in [2.75, 3.05) is 5.32 Å². The molecular weight excluding hydrogens is 300 g/mol. The lowest BCUT2D eigenvalue weighted by Crippen LogP contribution is -2.19. The summed E-state index contributed by atoms with van der Waals surface area (Å²) in [4.78, 5) is 20.4. The Morgan fingerprint density at radius 3 is 2.90 bits per heavy atom. The van der Waals surface area contributed by atoms with Crippen LogP contribution in [0.15, 0.2) is 18.3 Å². The number of anilines is 1. The zero-order valence-corrected chi connectivity index (χ0v) is 12.5. The van der Waals surface area contributed by atoms with E-state index >= 15 is 0 Å². The molecule has 20 heavy (non-hydrogen) atoms. The SMILES string of the molecule is Cc1ccc(CC(C)Nc2nc(Cl)ncc2[N+](=O)[O-])s1. The van der Waals surface area contributed by atoms with Crippen LogP contribution in [0.25, 0.3) is 0 Å². The summed E-state index contributed by atoms with van der Waals surface area (Å²) >= 11 is 7.39. The normalized spacial score (nSPS) is 12.2. The summed E-state index contributed by atoms with van der Waals surface area (Å²) in [7, 11) is 0. The van der Waals surface area contributed by atoms with E-state index in [-0.39, 0.29) is 22.8 Å². The average molecular weight is 313 g/mol. The van der Waals surface area contributed by atoms with E-state index in [1.807, 2.05) is 13.8 Å². The Morgan fingerprint density at radius 2 is 2.30 bits per heavy atom. The summed E-state index contributed by atoms with van der Waals surface area (Å²) < 4.78 is 0. The molecule has 0 spiro atoms. The van der Waals surface area contributed by atoms with Gasteiger partial charge >= 0.3 is 5.69 Å². The standard InChI is InChI=1S/C12H13ClN4O2S/c1-7(5-9-4-3-8(2)20-9)15-11-10(17(18)19)6-14-12(13)16-11/h3-4,6-7H,5H2,1-2H3,(H,14,15,16). The third-order valence-electron chi connectivity index (χ3n) is 2.62. The molecule has 0 saturated heterocycles. The number of nitrogens with zero attached hydrogens (tertiary/aromatic N) is 3. The number of nitro groups is 1. The summed E-state index contributed by atoms with van der Waals surface area (Å²) in [6, 6.07) is 4.11. The molecule has 1 unspecified atom stereocenters. The molecule has 0 aliphatic carbocycles. The Balaban J connectivity index is 2.12. The number of hydrogen-bond acceptors (Lipinski definition) is 6. The largest absolute Gasteiger partial charge is 0.361 e. The summed E-state index contributed by atoms with van der Waals surface area (Å²) in [6.07, 6.45) is 1.87. The van der Waals surface area contributed by atoms with Gasteiger partial charge in [-0.2, -0.15) is 4.98 Å². The molecule has 0 saturated carbocycles. The van der Waals surface area contributed by atoms with Crippen LogP contribution in [0, 0.1) is 17.0 Å². The Hall–Kier alpha value is -1.73. The van der Waals surface area contributed by atoms with Gasteiger partial charge in [-0.1, -0.05) is 0 Å². The molecule has 1 N–H and O–H groups in total. The molecular formula is C12H13ClN4O2S. The number of aryl methyl sites for hydroxylation is 1. The molecule has 8 heteroatoms. The van der Waals surface area contributed by atoms with Crippen LogP contribution in [-0.4, -0.2) is 20.9 Å². The van der Waals surface area contributed by atoms with Crippen molar-refractivity contribution in [3.8, 4) is 0 Å². The molecule has 0 amide bonds. The first kappa shape index (κ1) is 14.7. The van der Waals surface area contributed by atoms with Gasteiger partial charge in [0.25, 0.3) is 0 Å². The van der Waals surface area contributed by atoms with Crippen molar-refractivity contribution in [1.82, 2.24) is 9.97 Å². The first-order valence-corrected chi connectivity index (χ1v) is 7.14. The lowest BCUT2D eigenvalue weighted by atomic mass is 10.2. The van der Waals surface area contributed by atoms with E-state index in [0.717, 1.165) is 12.6 Å². The van der Waals surface area contributed by atoms with Gasteiger partial charge in [0.1, 0.15) is 6.20 Å². The highest BCUT2D eigenvalue weighted by Crippen LogP contribution is 2.24. The zero-order chi connectivity index (χ0) is 14.7. The number of thiophene rings is 1. The maximum absolute atomic E-state index is 10.9. The van der Waals surface area contributed by atoms with Crippen LogP contribution in [0.2, 0.25) is 5.28 Å². The molecule has 0 aliphatic heterocycles. The Morgan fingerprint density at radius 1 is 1.55 bits per heavy atom. The molecule has 2 heterocycles. The number of rotatable bonds is 5. The fraction of sp³-hybridized carbons (Fsp3) is 0.333. The summed E-state index contributed by atoms with van der Waals surface area (Å²) in [5, 5.41) is 13.9. The van der Waals surface area contributed by atoms with Crippen LogP contribution in [0.5, 0.6) is 0 Å². The third kappa shape index (κ3) is 3.64. The molecule has 2 aromatic rings. The van der Waals surface area contributed by atoms with Gasteiger partial charge in [0.2, 0.25) is 11.1 Å². The van der Waals surface area contributed by atoms with E-state index in [0.29, 0.717) is 0 Å². The van der Waals surface area contributed by atoms with E-state index in [4.69, 9.17) is 11.6 Å². The van der Waals surface area contributed by atoms with Crippen molar-refractivity contribution in [1.29, 1.82) is 0 Å². The Bertz CT molecular complexity index is 632. The molecule has 0 bridgehead atoms. The van der Waals surface area contributed by atoms with E-state index in [9.17, 15) is 10.1 Å². The van der Waals surface area contributed by atoms with Crippen molar-refractivity contribution < 1.29 is 4.92 Å². The molecule has 0 aliphatic rings. The number of nitrogens with one attached hydrogen (secondary N) is 1. The minimum atomic E-state index is -0.527. The lowest BCUT2D eigenvalue weighted by Gasteiger charge is -2.13. The van der Waals surface area contributed by atoms with Gasteiger partial charge in [-0.25, -0.2) is 4.98 Å². The molecule has 0 fully saturated rings. The Labute approximate surface area is 125 Å². The zero-order valence-electron chi connectivity index (χ0n) is 11.0. The first-order valence-electron chi connectivity index (χ1n) is 5.94. The second-order valence-corrected chi connectivity index (χ2v) is 6.10. The first-order chi connectivity index (χ1) is 9.45. The summed E-state index contributed by atoms with van der Waals surface area (Å²) in [6.45, 7) is 3.98. The number of halogens is 1. The van der Waals surface area contributed by atoms with E-state index in [2.05, 4.69) is 27.4 Å². The summed E-state index contributed by atoms with van der Waals surface area (Å²) in [5.41, 5.74) is -0.177. The topological polar surface area (TPSA) is 81.0 Å². The van der Waals surface area contributed by atoms with Gasteiger partial charge < -0.3 is 5.32 Å². The predicted octanol–water partition coefficient (Wildman–Crippen LogP) is 3.45. The molecule has 0 radical (unpaired) electrons. The summed E-state index contributed by atoms with van der Waals surface area (Å²) in [5.74, 6) is 0.149. The van der Waals surface area contributed by atoms with Crippen molar-refractivity contribution in [3.63, 3.8) is 0 Å². The van der Waals surface area contributed by atoms with E-state index in [1.165, 1.54) is 9.75 Å². The van der Waals surface area contributed by atoms with E-state index in [1.54, 1.807) is 11.3 Å². The molecule has 6 nitrogen and oxygen atoms in total. The van der Waals surface area contributed by atoms with Crippen molar-refractivity contribution in [2.45, 2.75) is 26.3 Å². The highest BCUT2D eigenvalue weighted by molar-refractivity contribution is 7.11. The van der Waals surface area contributed by atoms with Crippen LogP contribution in [0.3, 0.4) is 0 Å². The van der Waals surface area contributed by atoms with Crippen LogP contribution in [0.4, 0.5) is 11.5 Å². The quantitative estimate of drug-likeness (QED) is 0.519. The maximum atomic E-state index is 10.9. The minimum absolute atomic E-state index is 0.00211.